The van der Waals surface area contributed by atoms with Crippen molar-refractivity contribution in [2.75, 3.05) is 12.4 Å². The molecule has 2 rings (SSSR count). The smallest absolute Gasteiger partial charge is 0.255 e. The zero-order valence-corrected chi connectivity index (χ0v) is 14.2. The first-order chi connectivity index (χ1) is 9.49. The first kappa shape index (κ1) is 15.1. The van der Waals surface area contributed by atoms with Crippen molar-refractivity contribution in [1.29, 1.82) is 0 Å². The summed E-state index contributed by atoms with van der Waals surface area (Å²) in [7, 11) is 1.58. The topological polar surface area (TPSA) is 38.3 Å². The van der Waals surface area contributed by atoms with Crippen LogP contribution in [0.15, 0.2) is 45.3 Å². The van der Waals surface area contributed by atoms with Gasteiger partial charge in [0, 0.05) is 14.5 Å². The Balaban J connectivity index is 2.27. The van der Waals surface area contributed by atoms with Crippen LogP contribution in [0.25, 0.3) is 0 Å². The third kappa shape index (κ3) is 3.61. The van der Waals surface area contributed by atoms with Gasteiger partial charge in [-0.25, -0.2) is 0 Å². The van der Waals surface area contributed by atoms with Crippen LogP contribution in [0.1, 0.15) is 15.9 Å². The molecule has 0 aromatic heterocycles. The van der Waals surface area contributed by atoms with Gasteiger partial charge in [-0.15, -0.1) is 0 Å². The van der Waals surface area contributed by atoms with Crippen molar-refractivity contribution in [1.82, 2.24) is 0 Å². The first-order valence-corrected chi connectivity index (χ1v) is 7.50. The van der Waals surface area contributed by atoms with Gasteiger partial charge >= 0.3 is 0 Å². The lowest BCUT2D eigenvalue weighted by atomic mass is 10.2. The van der Waals surface area contributed by atoms with Crippen LogP contribution in [0, 0.1) is 6.92 Å². The molecule has 0 aliphatic rings. The molecule has 0 unspecified atom stereocenters. The normalized spacial score (nSPS) is 10.2. The Morgan fingerprint density at radius 3 is 2.35 bits per heavy atom. The van der Waals surface area contributed by atoms with E-state index >= 15 is 0 Å². The summed E-state index contributed by atoms with van der Waals surface area (Å²) in [5, 5.41) is 2.85. The summed E-state index contributed by atoms with van der Waals surface area (Å²) in [5.74, 6) is 0.460. The number of nitrogens with one attached hydrogen (secondary N) is 1. The zero-order valence-electron chi connectivity index (χ0n) is 11.0. The predicted molar refractivity (Wildman–Crippen MR) is 87.5 cm³/mol. The first-order valence-electron chi connectivity index (χ1n) is 5.91. The number of benzene rings is 2. The average molecular weight is 399 g/mol. The lowest BCUT2D eigenvalue weighted by Crippen LogP contribution is -2.12. The molecule has 0 spiro atoms. The van der Waals surface area contributed by atoms with Crippen molar-refractivity contribution in [2.24, 2.45) is 0 Å². The molecule has 5 heteroatoms. The molecule has 0 heterocycles. The van der Waals surface area contributed by atoms with Gasteiger partial charge in [-0.3, -0.25) is 4.79 Å². The number of methoxy groups -OCH3 is 1. The number of anilines is 1. The van der Waals surface area contributed by atoms with E-state index in [1.54, 1.807) is 19.2 Å². The lowest BCUT2D eigenvalue weighted by Gasteiger charge is -2.11. The molecule has 20 heavy (non-hydrogen) atoms. The molecule has 0 saturated carbocycles. The van der Waals surface area contributed by atoms with Gasteiger partial charge in [0.25, 0.3) is 5.91 Å². The number of hydrogen-bond donors (Lipinski definition) is 1. The van der Waals surface area contributed by atoms with Gasteiger partial charge in [-0.2, -0.15) is 0 Å². The molecule has 1 amide bonds. The number of carbonyl (C=O) groups excluding carboxylic acids is 1. The molecule has 0 bridgehead atoms. The highest BCUT2D eigenvalue weighted by Crippen LogP contribution is 2.27. The number of hydrogen-bond acceptors (Lipinski definition) is 2. The second-order valence-electron chi connectivity index (χ2n) is 4.32. The van der Waals surface area contributed by atoms with E-state index in [1.165, 1.54) is 0 Å². The molecule has 2 aromatic carbocycles. The average Bonchev–Trinajstić information content (AvgIpc) is 2.39. The van der Waals surface area contributed by atoms with Crippen LogP contribution in [0.3, 0.4) is 0 Å². The minimum atomic E-state index is -0.186. The molecule has 1 N–H and O–H groups in total. The summed E-state index contributed by atoms with van der Waals surface area (Å²) in [6, 6.07) is 11.0. The third-order valence-electron chi connectivity index (χ3n) is 2.73. The molecular weight excluding hydrogens is 386 g/mol. The minimum absolute atomic E-state index is 0.186. The van der Waals surface area contributed by atoms with Crippen molar-refractivity contribution in [3.63, 3.8) is 0 Å². The van der Waals surface area contributed by atoms with Crippen LogP contribution in [0.4, 0.5) is 5.69 Å². The minimum Gasteiger partial charge on any atom is -0.495 e. The van der Waals surface area contributed by atoms with Gasteiger partial charge in [0.15, 0.2) is 0 Å². The Morgan fingerprint density at radius 2 is 1.75 bits per heavy atom. The number of rotatable bonds is 3. The van der Waals surface area contributed by atoms with E-state index in [9.17, 15) is 4.79 Å². The molecule has 0 fully saturated rings. The summed E-state index contributed by atoms with van der Waals surface area (Å²) in [6.45, 7) is 1.97. The number of halogens is 2. The Hall–Kier alpha value is -1.33. The fraction of sp³-hybridized carbons (Fsp3) is 0.133. The van der Waals surface area contributed by atoms with Crippen LogP contribution >= 0.6 is 31.9 Å². The van der Waals surface area contributed by atoms with Gasteiger partial charge in [0.2, 0.25) is 0 Å². The molecule has 0 aliphatic heterocycles. The van der Waals surface area contributed by atoms with E-state index in [0.717, 1.165) is 14.5 Å². The maximum absolute atomic E-state index is 12.3. The number of aryl methyl sites for hydroxylation is 1. The highest BCUT2D eigenvalue weighted by atomic mass is 79.9. The summed E-state index contributed by atoms with van der Waals surface area (Å²) in [6.07, 6.45) is 0. The summed E-state index contributed by atoms with van der Waals surface area (Å²) < 4.78 is 6.96. The monoisotopic (exact) mass is 397 g/mol. The Kier molecular flexibility index (Phi) is 4.83. The van der Waals surface area contributed by atoms with Crippen LogP contribution in [-0.2, 0) is 0 Å². The molecular formula is C15H13Br2NO2. The van der Waals surface area contributed by atoms with E-state index in [2.05, 4.69) is 37.2 Å². The fourth-order valence-corrected chi connectivity index (χ4v) is 3.07. The highest BCUT2D eigenvalue weighted by Gasteiger charge is 2.11. The molecule has 0 atom stereocenters. The molecule has 0 radical (unpaired) electrons. The zero-order chi connectivity index (χ0) is 14.7. The summed E-state index contributed by atoms with van der Waals surface area (Å²) in [4.78, 5) is 12.3. The van der Waals surface area contributed by atoms with Gasteiger partial charge < -0.3 is 10.1 Å². The predicted octanol–water partition coefficient (Wildman–Crippen LogP) is 4.78. The molecule has 104 valence electrons. The molecule has 3 nitrogen and oxygen atoms in total. The van der Waals surface area contributed by atoms with Crippen LogP contribution in [0.2, 0.25) is 0 Å². The maximum atomic E-state index is 12.3. The summed E-state index contributed by atoms with van der Waals surface area (Å²) in [5.41, 5.74) is 2.29. The van der Waals surface area contributed by atoms with Crippen LogP contribution in [0.5, 0.6) is 5.75 Å². The number of carbonyl (C=O) groups is 1. The van der Waals surface area contributed by atoms with Gasteiger partial charge in [-0.05, 0) is 42.8 Å². The fourth-order valence-electron chi connectivity index (χ4n) is 1.78. The molecule has 0 aliphatic carbocycles. The summed E-state index contributed by atoms with van der Waals surface area (Å²) >= 11 is 6.74. The van der Waals surface area contributed by atoms with Gasteiger partial charge in [-0.1, -0.05) is 37.9 Å². The van der Waals surface area contributed by atoms with Crippen molar-refractivity contribution < 1.29 is 9.53 Å². The molecule has 2 aromatic rings. The van der Waals surface area contributed by atoms with E-state index in [1.807, 2.05) is 31.2 Å². The standard InChI is InChI=1S/C15H13Br2NO2/c1-9-3-4-13(14(5-9)20-2)18-15(19)10-6-11(16)8-12(17)7-10/h3-8H,1-2H3,(H,18,19). The van der Waals surface area contributed by atoms with Crippen LogP contribution < -0.4 is 10.1 Å². The number of ether oxygens (including phenoxy) is 1. The van der Waals surface area contributed by atoms with Crippen molar-refractivity contribution in [3.8, 4) is 5.75 Å². The highest BCUT2D eigenvalue weighted by molar-refractivity contribution is 9.11. The quantitative estimate of drug-likeness (QED) is 0.807. The second kappa shape index (κ2) is 6.41. The van der Waals surface area contributed by atoms with E-state index in [4.69, 9.17) is 4.74 Å². The van der Waals surface area contributed by atoms with Gasteiger partial charge in [0.05, 0.1) is 12.8 Å². The van der Waals surface area contributed by atoms with E-state index in [0.29, 0.717) is 17.0 Å². The van der Waals surface area contributed by atoms with Crippen molar-refractivity contribution in [2.45, 2.75) is 6.92 Å². The molecule has 0 saturated heterocycles. The van der Waals surface area contributed by atoms with E-state index < -0.39 is 0 Å². The third-order valence-corrected chi connectivity index (χ3v) is 3.65. The maximum Gasteiger partial charge on any atom is 0.255 e. The largest absolute Gasteiger partial charge is 0.495 e. The van der Waals surface area contributed by atoms with E-state index in [-0.39, 0.29) is 5.91 Å². The Bertz CT molecular complexity index is 636. The van der Waals surface area contributed by atoms with Crippen molar-refractivity contribution in [3.05, 3.63) is 56.5 Å². The Labute approximate surface area is 134 Å². The van der Waals surface area contributed by atoms with Crippen LogP contribution in [-0.4, -0.2) is 13.0 Å². The second-order valence-corrected chi connectivity index (χ2v) is 6.15. The lowest BCUT2D eigenvalue weighted by molar-refractivity contribution is 0.102. The number of amides is 1. The van der Waals surface area contributed by atoms with Crippen molar-refractivity contribution >= 4 is 43.5 Å². The SMILES string of the molecule is COc1cc(C)ccc1NC(=O)c1cc(Br)cc(Br)c1. The Morgan fingerprint density at radius 1 is 1.10 bits per heavy atom. The van der Waals surface area contributed by atoms with Gasteiger partial charge in [0.1, 0.15) is 5.75 Å².